The minimum absolute atomic E-state index is 0.0362. The summed E-state index contributed by atoms with van der Waals surface area (Å²) < 4.78 is 87.2. The number of alkyl halides is 3. The van der Waals surface area contributed by atoms with E-state index in [4.69, 9.17) is 18.9 Å². The summed E-state index contributed by atoms with van der Waals surface area (Å²) in [6, 6.07) is 7.43. The monoisotopic (exact) mass is 906 g/mol. The molecule has 5 aliphatic rings. The van der Waals surface area contributed by atoms with Gasteiger partial charge in [0, 0.05) is 23.3 Å². The molecule has 2 aromatic heterocycles. The number of aromatic nitrogens is 2. The van der Waals surface area contributed by atoms with Gasteiger partial charge in [0.05, 0.1) is 17.4 Å². The van der Waals surface area contributed by atoms with Crippen molar-refractivity contribution in [1.29, 1.82) is 0 Å². The molecule has 3 saturated carbocycles. The SMILES string of the molecule is Cc1cccc2c1oc1c(O[C@@H]3C[C@H]4C(=O)N[C@]5(C(=O)NS(=O)(=O)C6CC6)C[C@H]5C=CCCCCC[C@H](NC(=O)OC5CCCC5)C(=O)N4C3)nc(-c3ccc(C(F)(F)F)cc3)nc12. The van der Waals surface area contributed by atoms with Crippen LogP contribution in [-0.2, 0) is 35.3 Å². The number of nitrogens with zero attached hydrogens (tertiary/aromatic N) is 3. The molecule has 3 N–H and O–H groups in total. The van der Waals surface area contributed by atoms with Crippen LogP contribution in [0.2, 0.25) is 0 Å². The number of allylic oxidation sites excluding steroid dienone is 1. The maximum absolute atomic E-state index is 14.8. The highest BCUT2D eigenvalue weighted by molar-refractivity contribution is 7.91. The standard InChI is InChI=1S/C45H49F3N6O9S/c1-25-10-9-14-32-35-37(63-36(25)32)40(51-38(50-35)26-16-18-27(19-17-26)45(46,47)48)61-30-22-34-39(55)52-44(42(57)53-64(59,60)31-20-21-31)23-28(44)11-5-3-2-4-6-15-33(41(56)54(34)24-30)49-43(58)62-29-12-7-8-13-29/h5,9-11,14,16-19,28-31,33-34H,2-4,6-8,12-13,15,20-24H2,1H3,(H,49,58)(H,52,55)(H,53,57)/t28-,30-,33+,34+,44-/m1/s1. The van der Waals surface area contributed by atoms with E-state index in [0.717, 1.165) is 37.0 Å². The number of halogens is 3. The molecule has 4 amide bonds. The summed E-state index contributed by atoms with van der Waals surface area (Å²) in [4.78, 5) is 67.2. The number of para-hydroxylation sites is 1. The lowest BCUT2D eigenvalue weighted by molar-refractivity contribution is -0.141. The molecule has 340 valence electrons. The summed E-state index contributed by atoms with van der Waals surface area (Å²) in [6.45, 7) is 1.65. The molecule has 5 atom stereocenters. The Bertz CT molecular complexity index is 2630. The van der Waals surface area contributed by atoms with Gasteiger partial charge in [0.1, 0.15) is 40.9 Å². The van der Waals surface area contributed by atoms with Crippen LogP contribution in [0.4, 0.5) is 18.0 Å². The van der Waals surface area contributed by atoms with Gasteiger partial charge in [-0.25, -0.2) is 18.2 Å². The molecule has 64 heavy (non-hydrogen) atoms. The number of carbonyl (C=O) groups is 4. The number of amides is 4. The molecular formula is C45H49F3N6O9S. The number of benzene rings is 2. The lowest BCUT2D eigenvalue weighted by Crippen LogP contribution is -2.58. The summed E-state index contributed by atoms with van der Waals surface area (Å²) >= 11 is 0. The summed E-state index contributed by atoms with van der Waals surface area (Å²) in [5.74, 6) is -2.73. The highest BCUT2D eigenvalue weighted by Crippen LogP contribution is 2.46. The second-order valence-corrected chi connectivity index (χ2v) is 19.6. The lowest BCUT2D eigenvalue weighted by atomic mass is 10.0. The van der Waals surface area contributed by atoms with E-state index in [9.17, 15) is 40.8 Å². The van der Waals surface area contributed by atoms with E-state index in [1.807, 2.05) is 31.2 Å². The Morgan fingerprint density at radius 1 is 0.938 bits per heavy atom. The minimum Gasteiger partial charge on any atom is -0.470 e. The molecule has 4 aromatic rings. The molecule has 0 bridgehead atoms. The third kappa shape index (κ3) is 8.87. The molecule has 2 aliphatic heterocycles. The first-order chi connectivity index (χ1) is 30.6. The minimum atomic E-state index is -4.57. The molecule has 15 nitrogen and oxygen atoms in total. The van der Waals surface area contributed by atoms with Gasteiger partial charge < -0.3 is 29.4 Å². The maximum Gasteiger partial charge on any atom is 0.416 e. The van der Waals surface area contributed by atoms with Gasteiger partial charge >= 0.3 is 12.3 Å². The Morgan fingerprint density at radius 3 is 2.42 bits per heavy atom. The van der Waals surface area contributed by atoms with Gasteiger partial charge in [-0.3, -0.25) is 19.1 Å². The Balaban J connectivity index is 1.06. The van der Waals surface area contributed by atoms with Crippen LogP contribution >= 0.6 is 0 Å². The number of sulfonamides is 1. The van der Waals surface area contributed by atoms with E-state index in [1.165, 1.54) is 17.0 Å². The van der Waals surface area contributed by atoms with Crippen molar-refractivity contribution >= 4 is 55.9 Å². The average Bonchev–Trinajstić information content (AvgIpc) is 4.06. The number of hydrogen-bond donors (Lipinski definition) is 3. The van der Waals surface area contributed by atoms with Crippen molar-refractivity contribution in [2.24, 2.45) is 5.92 Å². The van der Waals surface area contributed by atoms with Gasteiger partial charge in [-0.2, -0.15) is 18.2 Å². The first-order valence-electron chi connectivity index (χ1n) is 22.0. The van der Waals surface area contributed by atoms with Crippen molar-refractivity contribution in [1.82, 2.24) is 30.2 Å². The molecular weight excluding hydrogens is 858 g/mol. The largest absolute Gasteiger partial charge is 0.470 e. The van der Waals surface area contributed by atoms with Crippen molar-refractivity contribution in [3.05, 3.63) is 65.7 Å². The van der Waals surface area contributed by atoms with E-state index < -0.39 is 80.5 Å². The zero-order valence-corrected chi connectivity index (χ0v) is 35.9. The van der Waals surface area contributed by atoms with E-state index in [0.29, 0.717) is 61.4 Å². The summed E-state index contributed by atoms with van der Waals surface area (Å²) in [6.07, 6.45) is 4.22. The Hall–Kier alpha value is -5.72. The van der Waals surface area contributed by atoms with Gasteiger partial charge in [0.15, 0.2) is 5.82 Å². The summed E-state index contributed by atoms with van der Waals surface area (Å²) in [7, 11) is -3.97. The van der Waals surface area contributed by atoms with E-state index >= 15 is 0 Å². The van der Waals surface area contributed by atoms with Crippen LogP contribution in [0.1, 0.15) is 94.6 Å². The maximum atomic E-state index is 14.8. The van der Waals surface area contributed by atoms with Crippen LogP contribution in [0.3, 0.4) is 0 Å². The predicted molar refractivity (Wildman–Crippen MR) is 226 cm³/mol. The van der Waals surface area contributed by atoms with E-state index in [-0.39, 0.29) is 54.8 Å². The van der Waals surface area contributed by atoms with Gasteiger partial charge in [0.2, 0.25) is 27.4 Å². The van der Waals surface area contributed by atoms with Crippen molar-refractivity contribution in [2.75, 3.05) is 6.54 Å². The first-order valence-corrected chi connectivity index (χ1v) is 23.5. The molecule has 19 heteroatoms. The Morgan fingerprint density at radius 2 is 1.69 bits per heavy atom. The zero-order valence-electron chi connectivity index (χ0n) is 35.1. The van der Waals surface area contributed by atoms with E-state index in [2.05, 4.69) is 20.3 Å². The highest BCUT2D eigenvalue weighted by atomic mass is 32.2. The van der Waals surface area contributed by atoms with Crippen LogP contribution in [0, 0.1) is 12.8 Å². The normalized spacial score (nSPS) is 25.8. The van der Waals surface area contributed by atoms with Crippen LogP contribution < -0.4 is 20.1 Å². The summed E-state index contributed by atoms with van der Waals surface area (Å²) in [5, 5.41) is 5.53. The molecule has 0 unspecified atom stereocenters. The topological polar surface area (TPSA) is 199 Å². The van der Waals surface area contributed by atoms with Crippen LogP contribution in [0.5, 0.6) is 5.88 Å². The quantitative estimate of drug-likeness (QED) is 0.158. The number of rotatable bonds is 8. The van der Waals surface area contributed by atoms with Crippen LogP contribution in [0.25, 0.3) is 33.5 Å². The van der Waals surface area contributed by atoms with Gasteiger partial charge in [-0.15, -0.1) is 0 Å². The van der Waals surface area contributed by atoms with Crippen molar-refractivity contribution in [3.63, 3.8) is 0 Å². The van der Waals surface area contributed by atoms with Crippen LogP contribution in [0.15, 0.2) is 59.0 Å². The van der Waals surface area contributed by atoms with Crippen molar-refractivity contribution in [3.8, 4) is 17.3 Å². The van der Waals surface area contributed by atoms with Gasteiger partial charge in [-0.1, -0.05) is 49.3 Å². The zero-order chi connectivity index (χ0) is 45.0. The predicted octanol–water partition coefficient (Wildman–Crippen LogP) is 6.76. The number of aryl methyl sites for hydroxylation is 1. The number of ether oxygens (including phenoxy) is 2. The molecule has 9 rings (SSSR count). The molecule has 2 aromatic carbocycles. The molecule has 0 radical (unpaired) electrons. The number of nitrogens with one attached hydrogen (secondary N) is 3. The number of hydrogen-bond acceptors (Lipinski definition) is 11. The third-order valence-electron chi connectivity index (χ3n) is 13.0. The smallest absolute Gasteiger partial charge is 0.416 e. The number of alkyl carbamates (subject to hydrolysis) is 1. The first kappa shape index (κ1) is 43.5. The lowest BCUT2D eigenvalue weighted by Gasteiger charge is -2.30. The fourth-order valence-electron chi connectivity index (χ4n) is 9.14. The van der Waals surface area contributed by atoms with Gasteiger partial charge in [-0.05, 0) is 94.9 Å². The third-order valence-corrected chi connectivity index (χ3v) is 14.8. The van der Waals surface area contributed by atoms with Crippen LogP contribution in [-0.4, -0.2) is 88.7 Å². The molecule has 0 spiro atoms. The van der Waals surface area contributed by atoms with Crippen molar-refractivity contribution in [2.45, 2.75) is 132 Å². The van der Waals surface area contributed by atoms with E-state index in [1.54, 1.807) is 6.07 Å². The molecule has 4 fully saturated rings. The Kier molecular flexibility index (Phi) is 11.6. The van der Waals surface area contributed by atoms with Crippen molar-refractivity contribution < 1.29 is 54.7 Å². The summed E-state index contributed by atoms with van der Waals surface area (Å²) in [5.41, 5.74) is -0.488. The van der Waals surface area contributed by atoms with Gasteiger partial charge in [0.25, 0.3) is 11.8 Å². The Labute approximate surface area is 366 Å². The number of furan rings is 1. The second kappa shape index (κ2) is 17.0. The molecule has 4 heterocycles. The molecule has 1 saturated heterocycles. The molecule has 3 aliphatic carbocycles. The second-order valence-electron chi connectivity index (χ2n) is 17.7. The number of carbonyl (C=O) groups excluding carboxylic acids is 4. The number of fused-ring (bicyclic) bond motifs is 5. The fourth-order valence-corrected chi connectivity index (χ4v) is 10.5. The highest BCUT2D eigenvalue weighted by Gasteiger charge is 2.62. The fraction of sp³-hybridized carbons (Fsp3) is 0.511. The average molecular weight is 907 g/mol.